The molecule has 0 atom stereocenters. The summed E-state index contributed by atoms with van der Waals surface area (Å²) >= 11 is 0. The molecule has 0 saturated carbocycles. The van der Waals surface area contributed by atoms with Crippen LogP contribution in [0.25, 0.3) is 0 Å². The van der Waals surface area contributed by atoms with Crippen LogP contribution in [0.3, 0.4) is 0 Å². The number of hydrogen-bond donors (Lipinski definition) is 1. The SMILES string of the molecule is CCCC(CCC)C(=O)c1cc(C(=O)O)n(C)c1. The Morgan fingerprint density at radius 3 is 2.22 bits per heavy atom. The van der Waals surface area contributed by atoms with E-state index in [2.05, 4.69) is 13.8 Å². The quantitative estimate of drug-likeness (QED) is 0.757. The van der Waals surface area contributed by atoms with Gasteiger partial charge in [-0.3, -0.25) is 4.79 Å². The van der Waals surface area contributed by atoms with Gasteiger partial charge in [-0.1, -0.05) is 26.7 Å². The van der Waals surface area contributed by atoms with E-state index >= 15 is 0 Å². The summed E-state index contributed by atoms with van der Waals surface area (Å²) in [5, 5.41) is 8.97. The lowest BCUT2D eigenvalue weighted by Crippen LogP contribution is -2.14. The Morgan fingerprint density at radius 2 is 1.83 bits per heavy atom. The minimum Gasteiger partial charge on any atom is -0.477 e. The molecule has 0 aliphatic rings. The zero-order chi connectivity index (χ0) is 13.7. The normalized spacial score (nSPS) is 10.9. The molecule has 0 radical (unpaired) electrons. The second kappa shape index (κ2) is 6.38. The fourth-order valence-electron chi connectivity index (χ4n) is 2.25. The molecule has 0 aliphatic carbocycles. The highest BCUT2D eigenvalue weighted by Crippen LogP contribution is 2.20. The maximum absolute atomic E-state index is 12.3. The summed E-state index contributed by atoms with van der Waals surface area (Å²) in [5.41, 5.74) is 0.673. The number of rotatable bonds is 7. The third kappa shape index (κ3) is 3.22. The summed E-state index contributed by atoms with van der Waals surface area (Å²) in [7, 11) is 1.65. The number of carboxylic acid groups (broad SMARTS) is 1. The van der Waals surface area contributed by atoms with Gasteiger partial charge in [-0.2, -0.15) is 0 Å². The molecule has 0 fully saturated rings. The maximum atomic E-state index is 12.3. The van der Waals surface area contributed by atoms with Crippen LogP contribution in [0.15, 0.2) is 12.3 Å². The van der Waals surface area contributed by atoms with Crippen LogP contribution in [0.1, 0.15) is 60.4 Å². The smallest absolute Gasteiger partial charge is 0.352 e. The minimum atomic E-state index is -1.00. The van der Waals surface area contributed by atoms with Crippen LogP contribution < -0.4 is 0 Å². The molecule has 18 heavy (non-hydrogen) atoms. The molecule has 0 aliphatic heterocycles. The Balaban J connectivity index is 2.94. The highest BCUT2D eigenvalue weighted by Gasteiger charge is 2.21. The number of carbonyl (C=O) groups is 2. The molecule has 0 aromatic carbocycles. The monoisotopic (exact) mass is 251 g/mol. The van der Waals surface area contributed by atoms with Gasteiger partial charge >= 0.3 is 5.97 Å². The van der Waals surface area contributed by atoms with Gasteiger partial charge in [0.25, 0.3) is 0 Å². The average Bonchev–Trinajstić information content (AvgIpc) is 2.70. The molecule has 4 heteroatoms. The fraction of sp³-hybridized carbons (Fsp3) is 0.571. The van der Waals surface area contributed by atoms with Crippen molar-refractivity contribution in [1.82, 2.24) is 4.57 Å². The van der Waals surface area contributed by atoms with E-state index in [0.717, 1.165) is 25.7 Å². The lowest BCUT2D eigenvalue weighted by molar-refractivity contribution is 0.0686. The molecule has 1 aromatic rings. The van der Waals surface area contributed by atoms with Crippen LogP contribution in [-0.4, -0.2) is 21.4 Å². The van der Waals surface area contributed by atoms with E-state index in [4.69, 9.17) is 5.11 Å². The minimum absolute atomic E-state index is 0.0176. The molecule has 100 valence electrons. The van der Waals surface area contributed by atoms with Gasteiger partial charge in [-0.25, -0.2) is 4.79 Å². The van der Waals surface area contributed by atoms with E-state index in [-0.39, 0.29) is 17.4 Å². The average molecular weight is 251 g/mol. The molecule has 1 N–H and O–H groups in total. The van der Waals surface area contributed by atoms with Crippen molar-refractivity contribution in [2.24, 2.45) is 13.0 Å². The second-order valence-electron chi connectivity index (χ2n) is 4.67. The molecule has 4 nitrogen and oxygen atoms in total. The highest BCUT2D eigenvalue weighted by atomic mass is 16.4. The number of nitrogens with zero attached hydrogens (tertiary/aromatic N) is 1. The van der Waals surface area contributed by atoms with Gasteiger partial charge in [0.1, 0.15) is 5.69 Å². The first-order valence-corrected chi connectivity index (χ1v) is 6.45. The molecule has 1 aromatic heterocycles. The molecule has 1 heterocycles. The van der Waals surface area contributed by atoms with Gasteiger partial charge < -0.3 is 9.67 Å². The van der Waals surface area contributed by atoms with Crippen LogP contribution in [-0.2, 0) is 7.05 Å². The first-order valence-electron chi connectivity index (χ1n) is 6.45. The first kappa shape index (κ1) is 14.5. The van der Waals surface area contributed by atoms with Gasteiger partial charge in [0.15, 0.2) is 5.78 Å². The molecule has 0 spiro atoms. The van der Waals surface area contributed by atoms with Crippen molar-refractivity contribution >= 4 is 11.8 Å². The van der Waals surface area contributed by atoms with Gasteiger partial charge in [-0.05, 0) is 18.9 Å². The summed E-state index contributed by atoms with van der Waals surface area (Å²) in [4.78, 5) is 23.3. The van der Waals surface area contributed by atoms with Gasteiger partial charge in [-0.15, -0.1) is 0 Å². The Bertz CT molecular complexity index is 428. The summed E-state index contributed by atoms with van der Waals surface area (Å²) in [6, 6.07) is 1.48. The Morgan fingerprint density at radius 1 is 1.28 bits per heavy atom. The largest absolute Gasteiger partial charge is 0.477 e. The van der Waals surface area contributed by atoms with Crippen molar-refractivity contribution in [2.45, 2.75) is 39.5 Å². The topological polar surface area (TPSA) is 59.3 Å². The van der Waals surface area contributed by atoms with Crippen molar-refractivity contribution in [3.05, 3.63) is 23.5 Å². The van der Waals surface area contributed by atoms with E-state index in [1.807, 2.05) is 0 Å². The van der Waals surface area contributed by atoms with E-state index in [1.165, 1.54) is 10.6 Å². The molecule has 0 bridgehead atoms. The van der Waals surface area contributed by atoms with Gasteiger partial charge in [0.05, 0.1) is 0 Å². The number of hydrogen-bond acceptors (Lipinski definition) is 2. The zero-order valence-corrected chi connectivity index (χ0v) is 11.3. The predicted octanol–water partition coefficient (Wildman–Crippen LogP) is 3.12. The van der Waals surface area contributed by atoms with Crippen LogP contribution in [0.4, 0.5) is 0 Å². The van der Waals surface area contributed by atoms with Crippen molar-refractivity contribution in [1.29, 1.82) is 0 Å². The maximum Gasteiger partial charge on any atom is 0.352 e. The van der Waals surface area contributed by atoms with Crippen molar-refractivity contribution < 1.29 is 14.7 Å². The number of aromatic carboxylic acids is 1. The third-order valence-corrected chi connectivity index (χ3v) is 3.15. The number of aromatic nitrogens is 1. The van der Waals surface area contributed by atoms with Gasteiger partial charge in [0.2, 0.25) is 0 Å². The lowest BCUT2D eigenvalue weighted by atomic mass is 9.91. The van der Waals surface area contributed by atoms with E-state index in [0.29, 0.717) is 5.56 Å². The summed E-state index contributed by atoms with van der Waals surface area (Å²) in [6.45, 7) is 4.12. The Hall–Kier alpha value is -1.58. The lowest BCUT2D eigenvalue weighted by Gasteiger charge is -2.12. The second-order valence-corrected chi connectivity index (χ2v) is 4.67. The van der Waals surface area contributed by atoms with Crippen LogP contribution in [0.2, 0.25) is 0 Å². The van der Waals surface area contributed by atoms with Gasteiger partial charge in [0, 0.05) is 24.7 Å². The molecule has 0 amide bonds. The summed E-state index contributed by atoms with van der Waals surface area (Å²) in [5.74, 6) is -0.912. The molecule has 1 rings (SSSR count). The molecule has 0 unspecified atom stereocenters. The Kier molecular flexibility index (Phi) is 5.13. The van der Waals surface area contributed by atoms with E-state index < -0.39 is 5.97 Å². The number of aryl methyl sites for hydroxylation is 1. The fourth-order valence-corrected chi connectivity index (χ4v) is 2.25. The van der Waals surface area contributed by atoms with Crippen LogP contribution in [0.5, 0.6) is 0 Å². The third-order valence-electron chi connectivity index (χ3n) is 3.15. The molecular weight excluding hydrogens is 230 g/mol. The van der Waals surface area contributed by atoms with Crippen molar-refractivity contribution in [2.75, 3.05) is 0 Å². The number of carboxylic acids is 1. The van der Waals surface area contributed by atoms with Crippen molar-refractivity contribution in [3.63, 3.8) is 0 Å². The summed E-state index contributed by atoms with van der Waals surface area (Å²) < 4.78 is 1.49. The zero-order valence-electron chi connectivity index (χ0n) is 11.3. The Labute approximate surface area is 108 Å². The first-order chi connectivity index (χ1) is 8.51. The standard InChI is InChI=1S/C14H21NO3/c1-4-6-10(7-5-2)13(16)11-8-12(14(17)18)15(3)9-11/h8-10H,4-7H2,1-3H3,(H,17,18). The van der Waals surface area contributed by atoms with Crippen molar-refractivity contribution in [3.8, 4) is 0 Å². The highest BCUT2D eigenvalue weighted by molar-refractivity contribution is 6.00. The number of Topliss-reactive ketones (excluding diaryl/α,β-unsaturated/α-hetero) is 1. The van der Waals surface area contributed by atoms with E-state index in [9.17, 15) is 9.59 Å². The van der Waals surface area contributed by atoms with Crippen LogP contribution in [0, 0.1) is 5.92 Å². The molecule has 0 saturated heterocycles. The number of ketones is 1. The van der Waals surface area contributed by atoms with Crippen LogP contribution >= 0.6 is 0 Å². The predicted molar refractivity (Wildman–Crippen MR) is 70.0 cm³/mol. The number of carbonyl (C=O) groups excluding carboxylic acids is 1. The summed E-state index contributed by atoms with van der Waals surface area (Å²) in [6.07, 6.45) is 5.28. The molecular formula is C14H21NO3. The van der Waals surface area contributed by atoms with E-state index in [1.54, 1.807) is 13.2 Å².